The average molecular weight is 226 g/mol. The summed E-state index contributed by atoms with van der Waals surface area (Å²) in [7, 11) is 0. The first-order chi connectivity index (χ1) is 7.66. The van der Waals surface area contributed by atoms with Crippen LogP contribution in [0.4, 0.5) is 0 Å². The molecule has 4 unspecified atom stereocenters. The van der Waals surface area contributed by atoms with Crippen LogP contribution in [-0.2, 0) is 9.53 Å². The summed E-state index contributed by atoms with van der Waals surface area (Å²) in [6, 6.07) is 0.421. The predicted octanol–water partition coefficient (Wildman–Crippen LogP) is 0.655. The SMILES string of the molecule is CC1CCC(N)CC1C(=O)NC1CCOC1. The Labute approximate surface area is 96.9 Å². The molecule has 4 heteroatoms. The molecular formula is C12H22N2O2. The predicted molar refractivity (Wildman–Crippen MR) is 61.8 cm³/mol. The summed E-state index contributed by atoms with van der Waals surface area (Å²) in [5, 5.41) is 3.08. The summed E-state index contributed by atoms with van der Waals surface area (Å²) in [5.41, 5.74) is 5.93. The van der Waals surface area contributed by atoms with Crippen molar-refractivity contribution < 1.29 is 9.53 Å². The van der Waals surface area contributed by atoms with Gasteiger partial charge in [0.15, 0.2) is 0 Å². The lowest BCUT2D eigenvalue weighted by atomic mass is 9.77. The smallest absolute Gasteiger partial charge is 0.223 e. The van der Waals surface area contributed by atoms with Gasteiger partial charge in [-0.25, -0.2) is 0 Å². The van der Waals surface area contributed by atoms with Crippen LogP contribution in [0.2, 0.25) is 0 Å². The summed E-state index contributed by atoms with van der Waals surface area (Å²) in [5.74, 6) is 0.740. The first kappa shape index (κ1) is 11.9. The summed E-state index contributed by atoms with van der Waals surface area (Å²) < 4.78 is 5.25. The molecule has 1 saturated heterocycles. The molecule has 1 amide bonds. The minimum Gasteiger partial charge on any atom is -0.379 e. The summed E-state index contributed by atoms with van der Waals surface area (Å²) in [4.78, 5) is 12.1. The fourth-order valence-electron chi connectivity index (χ4n) is 2.68. The Morgan fingerprint density at radius 3 is 2.88 bits per heavy atom. The highest BCUT2D eigenvalue weighted by Crippen LogP contribution is 2.29. The fraction of sp³-hybridized carbons (Fsp3) is 0.917. The van der Waals surface area contributed by atoms with Crippen molar-refractivity contribution in [2.24, 2.45) is 17.6 Å². The lowest BCUT2D eigenvalue weighted by Gasteiger charge is -2.32. The minimum atomic E-state index is 0.101. The van der Waals surface area contributed by atoms with E-state index >= 15 is 0 Å². The molecule has 4 atom stereocenters. The Balaban J connectivity index is 1.86. The molecule has 1 saturated carbocycles. The quantitative estimate of drug-likeness (QED) is 0.727. The highest BCUT2D eigenvalue weighted by atomic mass is 16.5. The molecule has 16 heavy (non-hydrogen) atoms. The van der Waals surface area contributed by atoms with Crippen LogP contribution in [0.3, 0.4) is 0 Å². The normalized spacial score (nSPS) is 39.6. The van der Waals surface area contributed by atoms with Gasteiger partial charge in [0, 0.05) is 18.6 Å². The van der Waals surface area contributed by atoms with E-state index in [4.69, 9.17) is 10.5 Å². The van der Waals surface area contributed by atoms with Gasteiger partial charge in [-0.1, -0.05) is 6.92 Å². The van der Waals surface area contributed by atoms with Crippen LogP contribution in [0.5, 0.6) is 0 Å². The molecule has 0 spiro atoms. The number of nitrogens with one attached hydrogen (secondary N) is 1. The molecule has 0 radical (unpaired) electrons. The zero-order chi connectivity index (χ0) is 11.5. The average Bonchev–Trinajstić information content (AvgIpc) is 2.74. The first-order valence-corrected chi connectivity index (χ1v) is 6.30. The lowest BCUT2D eigenvalue weighted by Crippen LogP contribution is -2.45. The molecule has 2 rings (SSSR count). The minimum absolute atomic E-state index is 0.101. The van der Waals surface area contributed by atoms with E-state index in [-0.39, 0.29) is 23.9 Å². The van der Waals surface area contributed by atoms with Gasteiger partial charge in [-0.05, 0) is 31.6 Å². The standard InChI is InChI=1S/C12H22N2O2/c1-8-2-3-9(13)6-11(8)12(15)14-10-4-5-16-7-10/h8-11H,2-7,13H2,1H3,(H,14,15). The van der Waals surface area contributed by atoms with E-state index in [0.717, 1.165) is 32.3 Å². The zero-order valence-electron chi connectivity index (χ0n) is 9.95. The topological polar surface area (TPSA) is 64.4 Å². The van der Waals surface area contributed by atoms with Gasteiger partial charge in [-0.2, -0.15) is 0 Å². The Morgan fingerprint density at radius 1 is 1.38 bits per heavy atom. The number of ether oxygens (including phenoxy) is 1. The van der Waals surface area contributed by atoms with E-state index in [2.05, 4.69) is 12.2 Å². The molecule has 1 aliphatic carbocycles. The van der Waals surface area contributed by atoms with Gasteiger partial charge < -0.3 is 15.8 Å². The van der Waals surface area contributed by atoms with E-state index in [9.17, 15) is 4.79 Å². The van der Waals surface area contributed by atoms with Gasteiger partial charge in [0.25, 0.3) is 0 Å². The molecular weight excluding hydrogens is 204 g/mol. The molecule has 92 valence electrons. The van der Waals surface area contributed by atoms with Gasteiger partial charge in [-0.15, -0.1) is 0 Å². The second-order valence-electron chi connectivity index (χ2n) is 5.23. The molecule has 0 bridgehead atoms. The second kappa shape index (κ2) is 5.15. The molecule has 2 aliphatic rings. The lowest BCUT2D eigenvalue weighted by molar-refractivity contribution is -0.128. The van der Waals surface area contributed by atoms with Crippen LogP contribution in [0.1, 0.15) is 32.6 Å². The number of amides is 1. The monoisotopic (exact) mass is 226 g/mol. The van der Waals surface area contributed by atoms with Crippen molar-refractivity contribution in [1.82, 2.24) is 5.32 Å². The molecule has 4 nitrogen and oxygen atoms in total. The van der Waals surface area contributed by atoms with Crippen LogP contribution in [0.15, 0.2) is 0 Å². The third-order valence-electron chi connectivity index (χ3n) is 3.85. The van der Waals surface area contributed by atoms with Crippen molar-refractivity contribution in [3.63, 3.8) is 0 Å². The van der Waals surface area contributed by atoms with Crippen molar-refractivity contribution in [3.05, 3.63) is 0 Å². The Kier molecular flexibility index (Phi) is 3.82. The number of carbonyl (C=O) groups is 1. The fourth-order valence-corrected chi connectivity index (χ4v) is 2.68. The van der Waals surface area contributed by atoms with E-state index in [1.807, 2.05) is 0 Å². The van der Waals surface area contributed by atoms with Crippen molar-refractivity contribution in [2.45, 2.75) is 44.7 Å². The highest BCUT2D eigenvalue weighted by molar-refractivity contribution is 5.79. The van der Waals surface area contributed by atoms with Crippen LogP contribution < -0.4 is 11.1 Å². The Hall–Kier alpha value is -0.610. The van der Waals surface area contributed by atoms with Crippen LogP contribution in [0.25, 0.3) is 0 Å². The third kappa shape index (κ3) is 2.74. The molecule has 3 N–H and O–H groups in total. The Bertz CT molecular complexity index is 251. The molecule has 1 aliphatic heterocycles. The summed E-state index contributed by atoms with van der Waals surface area (Å²) in [6.45, 7) is 3.59. The van der Waals surface area contributed by atoms with Crippen molar-refractivity contribution in [1.29, 1.82) is 0 Å². The second-order valence-corrected chi connectivity index (χ2v) is 5.23. The van der Waals surface area contributed by atoms with Gasteiger partial charge in [0.2, 0.25) is 5.91 Å². The molecule has 1 heterocycles. The summed E-state index contributed by atoms with van der Waals surface area (Å²) in [6.07, 6.45) is 3.90. The van der Waals surface area contributed by atoms with E-state index < -0.39 is 0 Å². The number of hydrogen-bond donors (Lipinski definition) is 2. The molecule has 0 aromatic heterocycles. The zero-order valence-corrected chi connectivity index (χ0v) is 9.95. The number of hydrogen-bond acceptors (Lipinski definition) is 3. The van der Waals surface area contributed by atoms with Crippen molar-refractivity contribution >= 4 is 5.91 Å². The molecule has 0 aromatic rings. The van der Waals surface area contributed by atoms with Crippen LogP contribution in [-0.4, -0.2) is 31.2 Å². The van der Waals surface area contributed by atoms with Crippen molar-refractivity contribution in [2.75, 3.05) is 13.2 Å². The van der Waals surface area contributed by atoms with E-state index in [1.54, 1.807) is 0 Å². The number of rotatable bonds is 2. The maximum Gasteiger partial charge on any atom is 0.223 e. The molecule has 0 aromatic carbocycles. The van der Waals surface area contributed by atoms with Gasteiger partial charge in [0.1, 0.15) is 0 Å². The first-order valence-electron chi connectivity index (χ1n) is 6.30. The van der Waals surface area contributed by atoms with Crippen LogP contribution >= 0.6 is 0 Å². The van der Waals surface area contributed by atoms with E-state index in [0.29, 0.717) is 12.5 Å². The highest BCUT2D eigenvalue weighted by Gasteiger charge is 2.32. The maximum absolute atomic E-state index is 12.1. The largest absolute Gasteiger partial charge is 0.379 e. The van der Waals surface area contributed by atoms with Crippen molar-refractivity contribution in [3.8, 4) is 0 Å². The number of carbonyl (C=O) groups excluding carboxylic acids is 1. The Morgan fingerprint density at radius 2 is 2.19 bits per heavy atom. The number of nitrogens with two attached hydrogens (primary N) is 1. The molecule has 2 fully saturated rings. The van der Waals surface area contributed by atoms with Gasteiger partial charge in [-0.3, -0.25) is 4.79 Å². The van der Waals surface area contributed by atoms with Gasteiger partial charge >= 0.3 is 0 Å². The van der Waals surface area contributed by atoms with Gasteiger partial charge in [0.05, 0.1) is 12.6 Å². The van der Waals surface area contributed by atoms with E-state index in [1.165, 1.54) is 0 Å². The maximum atomic E-state index is 12.1. The van der Waals surface area contributed by atoms with Crippen LogP contribution in [0, 0.1) is 11.8 Å². The third-order valence-corrected chi connectivity index (χ3v) is 3.85. The summed E-state index contributed by atoms with van der Waals surface area (Å²) >= 11 is 0.